The molecule has 1 saturated heterocycles. The Bertz CT molecular complexity index is 702. The van der Waals surface area contributed by atoms with Crippen molar-refractivity contribution in [3.63, 3.8) is 0 Å². The first-order valence-corrected chi connectivity index (χ1v) is 8.86. The second-order valence-electron chi connectivity index (χ2n) is 6.88. The number of aromatic nitrogens is 2. The summed E-state index contributed by atoms with van der Waals surface area (Å²) in [5.74, 6) is -0.154. The SMILES string of the molecule is Cc1nn(C)cc1CN1CCN(Cc2ccccc2F)[C@H](CCO)C1. The van der Waals surface area contributed by atoms with E-state index in [4.69, 9.17) is 0 Å². The maximum Gasteiger partial charge on any atom is 0.127 e. The number of aliphatic hydroxyl groups is 1. The molecule has 1 aliphatic heterocycles. The van der Waals surface area contributed by atoms with Crippen LogP contribution in [-0.4, -0.2) is 57.0 Å². The number of hydrogen-bond acceptors (Lipinski definition) is 4. The van der Waals surface area contributed by atoms with E-state index in [1.807, 2.05) is 30.8 Å². The molecule has 2 aromatic rings. The molecule has 0 spiro atoms. The van der Waals surface area contributed by atoms with Crippen molar-refractivity contribution >= 4 is 0 Å². The smallest absolute Gasteiger partial charge is 0.127 e. The molecule has 1 aliphatic rings. The third-order valence-corrected chi connectivity index (χ3v) is 4.99. The molecule has 2 heterocycles. The summed E-state index contributed by atoms with van der Waals surface area (Å²) in [6.45, 7) is 6.34. The van der Waals surface area contributed by atoms with Crippen molar-refractivity contribution in [1.82, 2.24) is 19.6 Å². The fourth-order valence-electron chi connectivity index (χ4n) is 3.62. The van der Waals surface area contributed by atoms with E-state index in [2.05, 4.69) is 21.1 Å². The maximum atomic E-state index is 14.0. The van der Waals surface area contributed by atoms with Gasteiger partial charge in [0.25, 0.3) is 0 Å². The molecular weight excluding hydrogens is 319 g/mol. The van der Waals surface area contributed by atoms with Gasteiger partial charge in [-0.3, -0.25) is 14.5 Å². The van der Waals surface area contributed by atoms with Gasteiger partial charge < -0.3 is 5.11 Å². The number of aryl methyl sites for hydroxylation is 2. The van der Waals surface area contributed by atoms with Crippen molar-refractivity contribution in [1.29, 1.82) is 0 Å². The van der Waals surface area contributed by atoms with Gasteiger partial charge in [0.05, 0.1) is 5.69 Å². The Kier molecular flexibility index (Phi) is 5.83. The molecule has 3 rings (SSSR count). The van der Waals surface area contributed by atoms with Crippen molar-refractivity contribution in [2.75, 3.05) is 26.2 Å². The Morgan fingerprint density at radius 1 is 1.20 bits per heavy atom. The molecule has 1 aromatic carbocycles. The summed E-state index contributed by atoms with van der Waals surface area (Å²) >= 11 is 0. The highest BCUT2D eigenvalue weighted by molar-refractivity contribution is 5.18. The van der Waals surface area contributed by atoms with E-state index in [9.17, 15) is 9.50 Å². The zero-order valence-corrected chi connectivity index (χ0v) is 15.0. The van der Waals surface area contributed by atoms with Gasteiger partial charge in [-0.05, 0) is 19.4 Å². The maximum absolute atomic E-state index is 14.0. The second kappa shape index (κ2) is 8.08. The third kappa shape index (κ3) is 4.45. The lowest BCUT2D eigenvalue weighted by molar-refractivity contribution is 0.0492. The lowest BCUT2D eigenvalue weighted by Crippen LogP contribution is -2.52. The monoisotopic (exact) mass is 346 g/mol. The van der Waals surface area contributed by atoms with Crippen LogP contribution in [0.25, 0.3) is 0 Å². The van der Waals surface area contributed by atoms with Gasteiger partial charge >= 0.3 is 0 Å². The standard InChI is InChI=1S/C19H27FN4O/c1-15-17(11-22(2)21-15)12-23-8-9-24(18(14-23)7-10-25)13-16-5-3-4-6-19(16)20/h3-6,11,18,25H,7-10,12-14H2,1-2H3/t18-/m1/s1. The summed E-state index contributed by atoms with van der Waals surface area (Å²) in [7, 11) is 1.94. The molecule has 0 radical (unpaired) electrons. The van der Waals surface area contributed by atoms with Crippen molar-refractivity contribution in [2.45, 2.75) is 32.5 Å². The lowest BCUT2D eigenvalue weighted by atomic mass is 10.1. The first-order valence-electron chi connectivity index (χ1n) is 8.86. The predicted octanol–water partition coefficient (Wildman–Crippen LogP) is 1.94. The van der Waals surface area contributed by atoms with Gasteiger partial charge in [-0.25, -0.2) is 4.39 Å². The van der Waals surface area contributed by atoms with Crippen molar-refractivity contribution in [3.05, 3.63) is 53.1 Å². The van der Waals surface area contributed by atoms with Crippen LogP contribution in [0.15, 0.2) is 30.5 Å². The van der Waals surface area contributed by atoms with E-state index in [0.29, 0.717) is 13.0 Å². The molecule has 1 atom stereocenters. The molecule has 0 unspecified atom stereocenters. The van der Waals surface area contributed by atoms with E-state index in [0.717, 1.165) is 37.4 Å². The van der Waals surface area contributed by atoms with Crippen LogP contribution in [0.3, 0.4) is 0 Å². The second-order valence-corrected chi connectivity index (χ2v) is 6.88. The van der Waals surface area contributed by atoms with E-state index in [1.54, 1.807) is 6.07 Å². The molecule has 1 N–H and O–H groups in total. The van der Waals surface area contributed by atoms with E-state index < -0.39 is 0 Å². The van der Waals surface area contributed by atoms with E-state index in [1.165, 1.54) is 11.6 Å². The van der Waals surface area contributed by atoms with Gasteiger partial charge in [0, 0.05) is 69.7 Å². The summed E-state index contributed by atoms with van der Waals surface area (Å²) in [5, 5.41) is 13.9. The number of aliphatic hydroxyl groups excluding tert-OH is 1. The van der Waals surface area contributed by atoms with Crippen molar-refractivity contribution < 1.29 is 9.50 Å². The topological polar surface area (TPSA) is 44.5 Å². The van der Waals surface area contributed by atoms with Crippen LogP contribution in [0.4, 0.5) is 4.39 Å². The molecule has 1 fully saturated rings. The molecule has 0 saturated carbocycles. The zero-order chi connectivity index (χ0) is 17.8. The molecule has 25 heavy (non-hydrogen) atoms. The Morgan fingerprint density at radius 2 is 2.00 bits per heavy atom. The lowest BCUT2D eigenvalue weighted by Gasteiger charge is -2.41. The van der Waals surface area contributed by atoms with Crippen LogP contribution in [0, 0.1) is 12.7 Å². The molecule has 5 nitrogen and oxygen atoms in total. The fourth-order valence-corrected chi connectivity index (χ4v) is 3.62. The molecule has 0 aliphatic carbocycles. The zero-order valence-electron chi connectivity index (χ0n) is 15.0. The summed E-state index contributed by atoms with van der Waals surface area (Å²) in [5.41, 5.74) is 3.03. The minimum atomic E-state index is -0.154. The summed E-state index contributed by atoms with van der Waals surface area (Å²) in [6, 6.07) is 7.18. The van der Waals surface area contributed by atoms with E-state index in [-0.39, 0.29) is 18.5 Å². The number of nitrogens with zero attached hydrogens (tertiary/aromatic N) is 4. The van der Waals surface area contributed by atoms with Crippen LogP contribution in [0.1, 0.15) is 23.2 Å². The number of halogens is 1. The minimum Gasteiger partial charge on any atom is -0.396 e. The molecular formula is C19H27FN4O. The molecule has 6 heteroatoms. The van der Waals surface area contributed by atoms with Crippen molar-refractivity contribution in [3.8, 4) is 0 Å². The van der Waals surface area contributed by atoms with Gasteiger partial charge in [-0.15, -0.1) is 0 Å². The Balaban J connectivity index is 1.66. The van der Waals surface area contributed by atoms with Gasteiger partial charge in [-0.2, -0.15) is 5.10 Å². The highest BCUT2D eigenvalue weighted by Crippen LogP contribution is 2.20. The summed E-state index contributed by atoms with van der Waals surface area (Å²) < 4.78 is 15.8. The highest BCUT2D eigenvalue weighted by atomic mass is 19.1. The Labute approximate surface area is 148 Å². The van der Waals surface area contributed by atoms with Crippen LogP contribution < -0.4 is 0 Å². The molecule has 0 bridgehead atoms. The van der Waals surface area contributed by atoms with Crippen molar-refractivity contribution in [2.24, 2.45) is 7.05 Å². The quantitative estimate of drug-likeness (QED) is 0.868. The van der Waals surface area contributed by atoms with E-state index >= 15 is 0 Å². The average molecular weight is 346 g/mol. The highest BCUT2D eigenvalue weighted by Gasteiger charge is 2.27. The Hall–Kier alpha value is -1.76. The number of benzene rings is 1. The molecule has 0 amide bonds. The third-order valence-electron chi connectivity index (χ3n) is 4.99. The Morgan fingerprint density at radius 3 is 2.68 bits per heavy atom. The van der Waals surface area contributed by atoms with Gasteiger partial charge in [0.15, 0.2) is 0 Å². The van der Waals surface area contributed by atoms with Gasteiger partial charge in [0.1, 0.15) is 5.82 Å². The molecule has 136 valence electrons. The van der Waals surface area contributed by atoms with Gasteiger partial charge in [0.2, 0.25) is 0 Å². The van der Waals surface area contributed by atoms with Crippen LogP contribution >= 0.6 is 0 Å². The first-order chi connectivity index (χ1) is 12.1. The number of hydrogen-bond donors (Lipinski definition) is 1. The average Bonchev–Trinajstić information content (AvgIpc) is 2.89. The summed E-state index contributed by atoms with van der Waals surface area (Å²) in [4.78, 5) is 4.70. The fraction of sp³-hybridized carbons (Fsp3) is 0.526. The summed E-state index contributed by atoms with van der Waals surface area (Å²) in [6.07, 6.45) is 2.78. The van der Waals surface area contributed by atoms with Gasteiger partial charge in [-0.1, -0.05) is 18.2 Å². The van der Waals surface area contributed by atoms with Crippen LogP contribution in [0.2, 0.25) is 0 Å². The minimum absolute atomic E-state index is 0.151. The van der Waals surface area contributed by atoms with Crippen LogP contribution in [-0.2, 0) is 20.1 Å². The van der Waals surface area contributed by atoms with Crippen LogP contribution in [0.5, 0.6) is 0 Å². The largest absolute Gasteiger partial charge is 0.396 e. The predicted molar refractivity (Wildman–Crippen MR) is 95.5 cm³/mol. The first kappa shape index (κ1) is 18.0. The number of piperazine rings is 1. The molecule has 1 aromatic heterocycles. The number of rotatable bonds is 6. The normalized spacial score (nSPS) is 19.4.